The quantitative estimate of drug-likeness (QED) is 0.710. The van der Waals surface area contributed by atoms with E-state index < -0.39 is 18.1 Å². The Labute approximate surface area is 173 Å². The number of hydrogen-bond donors (Lipinski definition) is 1. The molecule has 0 radical (unpaired) electrons. The summed E-state index contributed by atoms with van der Waals surface area (Å²) in [5.74, 6) is -4.11. The van der Waals surface area contributed by atoms with Crippen LogP contribution in [-0.2, 0) is 0 Å². The minimum Gasteiger partial charge on any atom is -0.424 e. The molecule has 0 unspecified atom stereocenters. The van der Waals surface area contributed by atoms with Crippen molar-refractivity contribution in [3.63, 3.8) is 0 Å². The lowest BCUT2D eigenvalue weighted by atomic mass is 10.2. The van der Waals surface area contributed by atoms with E-state index in [2.05, 4.69) is 0 Å². The third-order valence-electron chi connectivity index (χ3n) is 4.82. The second-order valence-corrected chi connectivity index (χ2v) is 7.23. The van der Waals surface area contributed by atoms with Gasteiger partial charge in [0.2, 0.25) is 0 Å². The number of ether oxygens (including phenoxy) is 2. The van der Waals surface area contributed by atoms with Crippen molar-refractivity contribution in [2.24, 2.45) is 0 Å². The average molecular weight is 446 g/mol. The lowest BCUT2D eigenvalue weighted by molar-refractivity contribution is -0.318. The van der Waals surface area contributed by atoms with Gasteiger partial charge in [0, 0.05) is 43.0 Å². The second kappa shape index (κ2) is 7.42. The van der Waals surface area contributed by atoms with Crippen LogP contribution >= 0.6 is 11.6 Å². The highest BCUT2D eigenvalue weighted by Gasteiger charge is 2.66. The van der Waals surface area contributed by atoms with Crippen LogP contribution in [-0.4, -0.2) is 49.2 Å². The minimum absolute atomic E-state index is 0.163. The molecule has 2 aliphatic heterocycles. The Morgan fingerprint density at radius 2 is 1.63 bits per heavy atom. The first-order valence-electron chi connectivity index (χ1n) is 8.99. The van der Waals surface area contributed by atoms with Crippen LogP contribution in [0.1, 0.15) is 0 Å². The maximum atomic E-state index is 13.8. The number of urea groups is 1. The Hall–Kier alpha value is -2.88. The molecule has 6 nitrogen and oxygen atoms in total. The molecule has 160 valence electrons. The first-order valence-corrected chi connectivity index (χ1v) is 9.37. The molecule has 2 aromatic rings. The van der Waals surface area contributed by atoms with Gasteiger partial charge in [-0.25, -0.2) is 9.18 Å². The van der Waals surface area contributed by atoms with Crippen molar-refractivity contribution in [2.45, 2.75) is 12.1 Å². The molecule has 0 spiro atoms. The number of hydrogen-bond acceptors (Lipinski definition) is 4. The highest BCUT2D eigenvalue weighted by molar-refractivity contribution is 6.30. The van der Waals surface area contributed by atoms with Crippen molar-refractivity contribution in [1.82, 2.24) is 10.2 Å². The molecule has 1 fully saturated rings. The molecule has 2 heterocycles. The number of fused-ring (bicyclic) bond motifs is 1. The van der Waals surface area contributed by atoms with Crippen molar-refractivity contribution in [1.29, 1.82) is 0 Å². The molecule has 11 heteroatoms. The van der Waals surface area contributed by atoms with Crippen molar-refractivity contribution < 1.29 is 31.8 Å². The van der Waals surface area contributed by atoms with E-state index in [1.807, 2.05) is 10.2 Å². The van der Waals surface area contributed by atoms with E-state index in [9.17, 15) is 22.4 Å². The van der Waals surface area contributed by atoms with Crippen LogP contribution in [0.15, 0.2) is 42.5 Å². The zero-order chi connectivity index (χ0) is 21.5. The molecule has 0 aromatic heterocycles. The second-order valence-electron chi connectivity index (χ2n) is 6.79. The molecule has 1 N–H and O–H groups in total. The van der Waals surface area contributed by atoms with Crippen LogP contribution in [0.4, 0.5) is 28.0 Å². The van der Waals surface area contributed by atoms with Gasteiger partial charge in [0.05, 0.1) is 0 Å². The van der Waals surface area contributed by atoms with Gasteiger partial charge in [0.15, 0.2) is 11.5 Å². The number of alkyl halides is 3. The molecule has 0 bridgehead atoms. The summed E-state index contributed by atoms with van der Waals surface area (Å²) in [5, 5.41) is 2.00. The molecular formula is C19H16ClF4N3O3. The maximum absolute atomic E-state index is 13.8. The highest BCUT2D eigenvalue weighted by atomic mass is 35.5. The van der Waals surface area contributed by atoms with Gasteiger partial charge in [-0.15, -0.1) is 0 Å². The van der Waals surface area contributed by atoms with E-state index in [0.717, 1.165) is 5.69 Å². The molecule has 4 rings (SSSR count). The lowest BCUT2D eigenvalue weighted by Gasteiger charge is -2.38. The van der Waals surface area contributed by atoms with Gasteiger partial charge >= 0.3 is 18.1 Å². The topological polar surface area (TPSA) is 54.0 Å². The Balaban J connectivity index is 1.44. The lowest BCUT2D eigenvalue weighted by Crippen LogP contribution is -2.67. The number of nitrogens with zero attached hydrogens (tertiary/aromatic N) is 2. The third kappa shape index (κ3) is 3.79. The number of carbonyl (C=O) groups excluding carboxylic acids is 1. The normalized spacial score (nSPS) is 21.0. The van der Waals surface area contributed by atoms with Gasteiger partial charge in [-0.05, 0) is 36.4 Å². The van der Waals surface area contributed by atoms with E-state index in [0.29, 0.717) is 13.1 Å². The Morgan fingerprint density at radius 1 is 1.00 bits per heavy atom. The van der Waals surface area contributed by atoms with Gasteiger partial charge in [-0.2, -0.15) is 13.2 Å². The number of piperazine rings is 1. The van der Waals surface area contributed by atoms with Crippen LogP contribution < -0.4 is 19.7 Å². The van der Waals surface area contributed by atoms with Crippen LogP contribution in [0.25, 0.3) is 0 Å². The van der Waals surface area contributed by atoms with Gasteiger partial charge in [-0.3, -0.25) is 5.32 Å². The first kappa shape index (κ1) is 20.4. The summed E-state index contributed by atoms with van der Waals surface area (Å²) in [6, 6.07) is 8.63. The number of benzene rings is 2. The van der Waals surface area contributed by atoms with Gasteiger partial charge in [0.1, 0.15) is 5.82 Å². The largest absolute Gasteiger partial charge is 0.492 e. The molecule has 2 aliphatic rings. The van der Waals surface area contributed by atoms with E-state index in [4.69, 9.17) is 21.1 Å². The summed E-state index contributed by atoms with van der Waals surface area (Å²) < 4.78 is 64.3. The Bertz CT molecular complexity index is 949. The molecular weight excluding hydrogens is 430 g/mol. The van der Waals surface area contributed by atoms with E-state index in [-0.39, 0.29) is 35.4 Å². The Kier molecular flexibility index (Phi) is 5.05. The molecule has 2 amide bonds. The number of halogens is 5. The SMILES string of the molecule is O=C(N[C@]1(C(F)(F)F)Oc2ccc(Cl)cc2O1)N1CCN(c2ccc(F)cc2)CC1. The monoisotopic (exact) mass is 445 g/mol. The number of amides is 2. The zero-order valence-electron chi connectivity index (χ0n) is 15.4. The average Bonchev–Trinajstić information content (AvgIpc) is 3.07. The third-order valence-corrected chi connectivity index (χ3v) is 5.05. The van der Waals surface area contributed by atoms with Crippen molar-refractivity contribution >= 4 is 23.3 Å². The summed E-state index contributed by atoms with van der Waals surface area (Å²) in [6.07, 6.45) is -5.05. The molecule has 30 heavy (non-hydrogen) atoms. The van der Waals surface area contributed by atoms with Crippen LogP contribution in [0.3, 0.4) is 0 Å². The molecule has 0 saturated carbocycles. The summed E-state index contributed by atoms with van der Waals surface area (Å²) in [7, 11) is 0. The van der Waals surface area contributed by atoms with Crippen LogP contribution in [0.5, 0.6) is 11.5 Å². The fraction of sp³-hybridized carbons (Fsp3) is 0.316. The van der Waals surface area contributed by atoms with Crippen molar-refractivity contribution in [3.05, 3.63) is 53.3 Å². The van der Waals surface area contributed by atoms with Crippen LogP contribution in [0, 0.1) is 5.82 Å². The van der Waals surface area contributed by atoms with Crippen molar-refractivity contribution in [2.75, 3.05) is 31.1 Å². The summed E-state index contributed by atoms with van der Waals surface area (Å²) in [6.45, 7) is 1.07. The predicted molar refractivity (Wildman–Crippen MR) is 100 cm³/mol. The number of anilines is 1. The summed E-state index contributed by atoms with van der Waals surface area (Å²) in [4.78, 5) is 15.7. The predicted octanol–water partition coefficient (Wildman–Crippen LogP) is 4.00. The van der Waals surface area contributed by atoms with Crippen molar-refractivity contribution in [3.8, 4) is 11.5 Å². The van der Waals surface area contributed by atoms with E-state index >= 15 is 0 Å². The summed E-state index contributed by atoms with van der Waals surface area (Å²) >= 11 is 5.79. The highest BCUT2D eigenvalue weighted by Crippen LogP contribution is 2.46. The fourth-order valence-electron chi connectivity index (χ4n) is 3.25. The van der Waals surface area contributed by atoms with E-state index in [1.165, 1.54) is 35.2 Å². The number of rotatable bonds is 2. The Morgan fingerprint density at radius 3 is 2.27 bits per heavy atom. The van der Waals surface area contributed by atoms with Gasteiger partial charge < -0.3 is 19.3 Å². The van der Waals surface area contributed by atoms with E-state index in [1.54, 1.807) is 12.1 Å². The summed E-state index contributed by atoms with van der Waals surface area (Å²) in [5.41, 5.74) is 0.762. The minimum atomic E-state index is -5.05. The molecule has 1 saturated heterocycles. The molecule has 2 aromatic carbocycles. The number of carbonyl (C=O) groups is 1. The first-order chi connectivity index (χ1) is 14.2. The molecule has 0 aliphatic carbocycles. The zero-order valence-corrected chi connectivity index (χ0v) is 16.1. The van der Waals surface area contributed by atoms with Crippen LogP contribution in [0.2, 0.25) is 5.02 Å². The van der Waals surface area contributed by atoms with Gasteiger partial charge in [0.25, 0.3) is 0 Å². The number of nitrogens with one attached hydrogen (secondary N) is 1. The van der Waals surface area contributed by atoms with Gasteiger partial charge in [-0.1, -0.05) is 11.6 Å². The smallest absolute Gasteiger partial charge is 0.424 e. The molecule has 1 atom stereocenters. The standard InChI is InChI=1S/C19H16ClF4N3O3/c20-12-1-6-15-16(11-12)30-19(29-15,18(22,23)24)25-17(28)27-9-7-26(8-10-27)14-4-2-13(21)3-5-14/h1-6,11H,7-10H2,(H,25,28)/t19-/m1/s1. The fourth-order valence-corrected chi connectivity index (χ4v) is 3.42. The maximum Gasteiger partial charge on any atom is 0.492 e.